The largest absolute Gasteiger partial charge is 0.332 e. The summed E-state index contributed by atoms with van der Waals surface area (Å²) < 4.78 is 0. The van der Waals surface area contributed by atoms with Crippen molar-refractivity contribution >= 4 is 29.2 Å². The third-order valence-corrected chi connectivity index (χ3v) is 4.24. The van der Waals surface area contributed by atoms with Crippen molar-refractivity contribution in [2.24, 2.45) is 0 Å². The fraction of sp³-hybridized carbons (Fsp3) is 0.222. The first kappa shape index (κ1) is 15.6. The molecule has 0 aliphatic carbocycles. The Morgan fingerprint density at radius 2 is 1.65 bits per heavy atom. The minimum atomic E-state index is -0.432. The van der Waals surface area contributed by atoms with Gasteiger partial charge in [-0.05, 0) is 36.2 Å². The zero-order valence-corrected chi connectivity index (χ0v) is 13.5. The highest BCUT2D eigenvalue weighted by atomic mass is 35.5. The first-order valence-electron chi connectivity index (χ1n) is 7.56. The van der Waals surface area contributed by atoms with Crippen molar-refractivity contribution in [3.8, 4) is 0 Å². The molecule has 23 heavy (non-hydrogen) atoms. The molecule has 0 bridgehead atoms. The predicted molar refractivity (Wildman–Crippen MR) is 90.4 cm³/mol. The summed E-state index contributed by atoms with van der Waals surface area (Å²) in [7, 11) is 0. The minimum absolute atomic E-state index is 0.184. The standard InChI is InChI=1S/C18H17ClN2O2/c1-2-16-17(22)21(15-10-8-14(19)9-11-15)18(23)20(16)12-13-6-4-3-5-7-13/h3-11,16H,2,12H2,1H3/t16-/m0/s1. The van der Waals surface area contributed by atoms with Crippen molar-refractivity contribution in [1.82, 2.24) is 4.90 Å². The summed E-state index contributed by atoms with van der Waals surface area (Å²) in [4.78, 5) is 28.3. The average molecular weight is 329 g/mol. The van der Waals surface area contributed by atoms with Gasteiger partial charge in [0.2, 0.25) is 0 Å². The van der Waals surface area contributed by atoms with E-state index in [4.69, 9.17) is 11.6 Å². The Hall–Kier alpha value is -2.33. The van der Waals surface area contributed by atoms with Crippen molar-refractivity contribution in [1.29, 1.82) is 0 Å². The first-order chi connectivity index (χ1) is 11.1. The van der Waals surface area contributed by atoms with Gasteiger partial charge in [-0.2, -0.15) is 0 Å². The topological polar surface area (TPSA) is 40.6 Å². The van der Waals surface area contributed by atoms with Crippen LogP contribution in [0.2, 0.25) is 5.02 Å². The quantitative estimate of drug-likeness (QED) is 0.793. The van der Waals surface area contributed by atoms with Crippen LogP contribution in [0.4, 0.5) is 10.5 Å². The highest BCUT2D eigenvalue weighted by molar-refractivity contribution is 6.30. The summed E-state index contributed by atoms with van der Waals surface area (Å²) in [5.41, 5.74) is 1.56. The van der Waals surface area contributed by atoms with Gasteiger partial charge < -0.3 is 4.90 Å². The number of hydrogen-bond acceptors (Lipinski definition) is 2. The summed E-state index contributed by atoms with van der Waals surface area (Å²) in [5, 5.41) is 0.570. The molecule has 118 valence electrons. The number of amides is 3. The molecule has 0 N–H and O–H groups in total. The van der Waals surface area contributed by atoms with Gasteiger partial charge >= 0.3 is 6.03 Å². The number of carbonyl (C=O) groups is 2. The molecule has 3 rings (SSSR count). The maximum atomic E-state index is 12.8. The normalized spacial score (nSPS) is 17.9. The Bertz CT molecular complexity index is 716. The smallest absolute Gasteiger partial charge is 0.308 e. The molecular weight excluding hydrogens is 312 g/mol. The lowest BCUT2D eigenvalue weighted by Gasteiger charge is -2.20. The van der Waals surface area contributed by atoms with Gasteiger partial charge in [0.25, 0.3) is 5.91 Å². The van der Waals surface area contributed by atoms with Gasteiger partial charge in [-0.15, -0.1) is 0 Å². The molecule has 3 amide bonds. The van der Waals surface area contributed by atoms with Crippen LogP contribution in [0.5, 0.6) is 0 Å². The van der Waals surface area contributed by atoms with Gasteiger partial charge in [0, 0.05) is 11.6 Å². The number of nitrogens with zero attached hydrogens (tertiary/aromatic N) is 2. The molecule has 0 radical (unpaired) electrons. The molecule has 1 aliphatic heterocycles. The van der Waals surface area contributed by atoms with E-state index in [1.54, 1.807) is 29.2 Å². The monoisotopic (exact) mass is 328 g/mol. The molecule has 0 unspecified atom stereocenters. The number of carbonyl (C=O) groups excluding carboxylic acids is 2. The molecule has 1 aliphatic rings. The Kier molecular flexibility index (Phi) is 4.35. The number of rotatable bonds is 4. The Morgan fingerprint density at radius 3 is 2.26 bits per heavy atom. The molecule has 0 saturated carbocycles. The molecule has 4 nitrogen and oxygen atoms in total. The van der Waals surface area contributed by atoms with E-state index in [1.807, 2.05) is 37.3 Å². The van der Waals surface area contributed by atoms with Crippen molar-refractivity contribution < 1.29 is 9.59 Å². The second-order valence-electron chi connectivity index (χ2n) is 5.47. The van der Waals surface area contributed by atoms with E-state index in [9.17, 15) is 9.59 Å². The van der Waals surface area contributed by atoms with Gasteiger partial charge in [0.1, 0.15) is 6.04 Å². The highest BCUT2D eigenvalue weighted by Gasteiger charge is 2.44. The van der Waals surface area contributed by atoms with Gasteiger partial charge in [0.15, 0.2) is 0 Å². The molecule has 1 heterocycles. The summed E-state index contributed by atoms with van der Waals surface area (Å²) >= 11 is 5.88. The number of benzene rings is 2. The molecule has 2 aromatic carbocycles. The van der Waals surface area contributed by atoms with Gasteiger partial charge in [-0.25, -0.2) is 9.69 Å². The van der Waals surface area contributed by atoms with Crippen LogP contribution in [0, 0.1) is 0 Å². The van der Waals surface area contributed by atoms with Crippen LogP contribution in [-0.2, 0) is 11.3 Å². The first-order valence-corrected chi connectivity index (χ1v) is 7.93. The lowest BCUT2D eigenvalue weighted by atomic mass is 10.1. The summed E-state index contributed by atoms with van der Waals surface area (Å²) in [6, 6.07) is 15.7. The fourth-order valence-electron chi connectivity index (χ4n) is 2.82. The lowest BCUT2D eigenvalue weighted by molar-refractivity contribution is -0.119. The van der Waals surface area contributed by atoms with Crippen molar-refractivity contribution in [3.05, 3.63) is 65.2 Å². The zero-order valence-electron chi connectivity index (χ0n) is 12.8. The van der Waals surface area contributed by atoms with Gasteiger partial charge in [-0.3, -0.25) is 4.79 Å². The van der Waals surface area contributed by atoms with Crippen LogP contribution in [0.1, 0.15) is 18.9 Å². The molecular formula is C18H17ClN2O2. The SMILES string of the molecule is CC[C@H]1C(=O)N(c2ccc(Cl)cc2)C(=O)N1Cc1ccccc1. The molecule has 2 aromatic rings. The number of imide groups is 1. The third-order valence-electron chi connectivity index (χ3n) is 3.99. The van der Waals surface area contributed by atoms with Crippen LogP contribution >= 0.6 is 11.6 Å². The molecule has 5 heteroatoms. The van der Waals surface area contributed by atoms with E-state index < -0.39 is 6.04 Å². The third kappa shape index (κ3) is 2.94. The van der Waals surface area contributed by atoms with Crippen LogP contribution < -0.4 is 4.90 Å². The van der Waals surface area contributed by atoms with E-state index in [1.165, 1.54) is 4.90 Å². The molecule has 1 fully saturated rings. The number of anilines is 1. The van der Waals surface area contributed by atoms with Gasteiger partial charge in [-0.1, -0.05) is 48.9 Å². The number of halogens is 1. The highest BCUT2D eigenvalue weighted by Crippen LogP contribution is 2.28. The molecule has 0 spiro atoms. The van der Waals surface area contributed by atoms with Crippen LogP contribution in [-0.4, -0.2) is 22.9 Å². The van der Waals surface area contributed by atoms with E-state index >= 15 is 0 Å². The Balaban J connectivity index is 1.90. The van der Waals surface area contributed by atoms with Crippen LogP contribution in [0.3, 0.4) is 0 Å². The molecule has 0 aromatic heterocycles. The maximum absolute atomic E-state index is 12.8. The second kappa shape index (κ2) is 6.42. The lowest BCUT2D eigenvalue weighted by Crippen LogP contribution is -2.34. The molecule has 1 atom stereocenters. The minimum Gasteiger partial charge on any atom is -0.308 e. The van der Waals surface area contributed by atoms with E-state index in [-0.39, 0.29) is 11.9 Å². The zero-order chi connectivity index (χ0) is 16.4. The summed E-state index contributed by atoms with van der Waals surface area (Å²) in [6.45, 7) is 2.34. The summed E-state index contributed by atoms with van der Waals surface area (Å²) in [6.07, 6.45) is 0.585. The van der Waals surface area contributed by atoms with E-state index in [0.717, 1.165) is 5.56 Å². The Labute approximate surface area is 140 Å². The van der Waals surface area contributed by atoms with Crippen LogP contribution in [0.15, 0.2) is 54.6 Å². The Morgan fingerprint density at radius 1 is 1.00 bits per heavy atom. The van der Waals surface area contributed by atoms with Crippen molar-refractivity contribution in [2.75, 3.05) is 4.90 Å². The average Bonchev–Trinajstić information content (AvgIpc) is 2.80. The number of urea groups is 1. The second-order valence-corrected chi connectivity index (χ2v) is 5.91. The fourth-order valence-corrected chi connectivity index (χ4v) is 2.95. The summed E-state index contributed by atoms with van der Waals surface area (Å²) in [5.74, 6) is -0.184. The van der Waals surface area contributed by atoms with Crippen molar-refractivity contribution in [3.63, 3.8) is 0 Å². The van der Waals surface area contributed by atoms with E-state index in [0.29, 0.717) is 23.7 Å². The predicted octanol–water partition coefficient (Wildman–Crippen LogP) is 4.09. The maximum Gasteiger partial charge on any atom is 0.332 e. The van der Waals surface area contributed by atoms with E-state index in [2.05, 4.69) is 0 Å². The molecule has 1 saturated heterocycles. The van der Waals surface area contributed by atoms with Gasteiger partial charge in [0.05, 0.1) is 5.69 Å². The van der Waals surface area contributed by atoms with Crippen molar-refractivity contribution in [2.45, 2.75) is 25.9 Å². The van der Waals surface area contributed by atoms with Crippen LogP contribution in [0.25, 0.3) is 0 Å². The number of hydrogen-bond donors (Lipinski definition) is 0.